The fraction of sp³-hybridized carbons (Fsp3) is 0.444. The number of aliphatic hydroxyl groups excluding tert-OH is 1. The molecule has 33 heavy (non-hydrogen) atoms. The molecule has 6 nitrogen and oxygen atoms in total. The second-order valence-electron chi connectivity index (χ2n) is 8.76. The fourth-order valence-corrected chi connectivity index (χ4v) is 3.74. The van der Waals surface area contributed by atoms with Crippen molar-refractivity contribution in [1.29, 1.82) is 0 Å². The smallest absolute Gasteiger partial charge is 0.222 e. The Balaban J connectivity index is 1.96. The predicted molar refractivity (Wildman–Crippen MR) is 132 cm³/mol. The molecule has 1 N–H and O–H groups in total. The molecule has 0 fully saturated rings. The van der Waals surface area contributed by atoms with Crippen LogP contribution in [0.3, 0.4) is 0 Å². The van der Waals surface area contributed by atoms with Crippen molar-refractivity contribution >= 4 is 0 Å². The third kappa shape index (κ3) is 6.90. The Hall–Kier alpha value is -2.67. The van der Waals surface area contributed by atoms with Gasteiger partial charge in [-0.05, 0) is 39.3 Å². The molecule has 0 amide bonds. The van der Waals surface area contributed by atoms with Gasteiger partial charge in [0, 0.05) is 31.7 Å². The van der Waals surface area contributed by atoms with E-state index in [-0.39, 0.29) is 12.1 Å². The van der Waals surface area contributed by atoms with E-state index in [0.717, 1.165) is 29.0 Å². The monoisotopic (exact) mass is 451 g/mol. The first-order valence-corrected chi connectivity index (χ1v) is 11.8. The van der Waals surface area contributed by atoms with Gasteiger partial charge in [-0.1, -0.05) is 55.5 Å². The number of aromatic nitrogens is 2. The summed E-state index contributed by atoms with van der Waals surface area (Å²) >= 11 is 0. The molecule has 0 saturated carbocycles. The van der Waals surface area contributed by atoms with Gasteiger partial charge in [-0.2, -0.15) is 5.10 Å². The summed E-state index contributed by atoms with van der Waals surface area (Å²) in [6.45, 7) is 9.74. The summed E-state index contributed by atoms with van der Waals surface area (Å²) in [6, 6.07) is 20.2. The van der Waals surface area contributed by atoms with Gasteiger partial charge in [0.1, 0.15) is 11.4 Å². The number of hydrogen-bond donors (Lipinski definition) is 1. The van der Waals surface area contributed by atoms with Crippen LogP contribution in [0.25, 0.3) is 11.3 Å². The summed E-state index contributed by atoms with van der Waals surface area (Å²) in [5.41, 5.74) is 2.94. The lowest BCUT2D eigenvalue weighted by Gasteiger charge is -2.31. The van der Waals surface area contributed by atoms with Crippen molar-refractivity contribution in [2.75, 3.05) is 13.2 Å². The molecule has 2 atom stereocenters. The third-order valence-corrected chi connectivity index (χ3v) is 5.74. The first-order chi connectivity index (χ1) is 15.9. The van der Waals surface area contributed by atoms with Gasteiger partial charge in [0.15, 0.2) is 0 Å². The molecule has 0 aliphatic rings. The van der Waals surface area contributed by atoms with E-state index in [1.807, 2.05) is 69.4 Å². The van der Waals surface area contributed by atoms with Crippen LogP contribution in [0, 0.1) is 0 Å². The van der Waals surface area contributed by atoms with E-state index in [2.05, 4.69) is 30.9 Å². The van der Waals surface area contributed by atoms with Crippen molar-refractivity contribution in [3.63, 3.8) is 0 Å². The van der Waals surface area contributed by atoms with Gasteiger partial charge in [0.2, 0.25) is 5.88 Å². The highest BCUT2D eigenvalue weighted by Crippen LogP contribution is 2.34. The molecule has 1 heterocycles. The number of ether oxygens (including phenoxy) is 2. The fourth-order valence-electron chi connectivity index (χ4n) is 3.74. The predicted octanol–water partition coefficient (Wildman–Crippen LogP) is 5.27. The molecule has 6 heteroatoms. The molecule has 3 aromatic rings. The quantitative estimate of drug-likeness (QED) is 0.407. The largest absolute Gasteiger partial charge is 0.439 e. The Bertz CT molecular complexity index is 973. The lowest BCUT2D eigenvalue weighted by atomic mass is 10.1. The van der Waals surface area contributed by atoms with Crippen LogP contribution in [0.2, 0.25) is 0 Å². The maximum absolute atomic E-state index is 10.7. The number of hydrogen-bond acceptors (Lipinski definition) is 5. The number of nitrogens with zero attached hydrogens (tertiary/aromatic N) is 3. The molecule has 0 aliphatic heterocycles. The maximum atomic E-state index is 10.7. The Morgan fingerprint density at radius 1 is 1.00 bits per heavy atom. The Kier molecular flexibility index (Phi) is 9.06. The number of aliphatic hydroxyl groups is 1. The summed E-state index contributed by atoms with van der Waals surface area (Å²) in [6.07, 6.45) is 0.482. The summed E-state index contributed by atoms with van der Waals surface area (Å²) in [7, 11) is 1.91. The van der Waals surface area contributed by atoms with Crippen molar-refractivity contribution in [2.45, 2.75) is 58.9 Å². The average Bonchev–Trinajstić information content (AvgIpc) is 3.13. The van der Waals surface area contributed by atoms with Crippen LogP contribution in [0.1, 0.15) is 39.7 Å². The van der Waals surface area contributed by atoms with Gasteiger partial charge in [0.25, 0.3) is 0 Å². The molecule has 178 valence electrons. The Labute approximate surface area is 197 Å². The second kappa shape index (κ2) is 12.0. The highest BCUT2D eigenvalue weighted by molar-refractivity contribution is 5.65. The van der Waals surface area contributed by atoms with Gasteiger partial charge in [-0.3, -0.25) is 4.90 Å². The van der Waals surface area contributed by atoms with E-state index in [1.165, 1.54) is 0 Å². The Morgan fingerprint density at radius 2 is 1.64 bits per heavy atom. The number of rotatable bonds is 12. The van der Waals surface area contributed by atoms with Crippen LogP contribution >= 0.6 is 0 Å². The maximum Gasteiger partial charge on any atom is 0.222 e. The highest BCUT2D eigenvalue weighted by Gasteiger charge is 2.25. The lowest BCUT2D eigenvalue weighted by Crippen LogP contribution is -2.40. The van der Waals surface area contributed by atoms with Crippen LogP contribution in [0.5, 0.6) is 11.6 Å². The molecule has 0 aliphatic carbocycles. The normalized spacial score (nSPS) is 13.5. The van der Waals surface area contributed by atoms with E-state index in [1.54, 1.807) is 4.68 Å². The SMILES string of the molecule is CC[C@@H](C)N(Cc1c(-c2ccccc2)nn(C)c1Oc1ccccc1)C[C@@H](O)COC(C)C. The zero-order valence-electron chi connectivity index (χ0n) is 20.4. The minimum Gasteiger partial charge on any atom is -0.439 e. The van der Waals surface area contributed by atoms with E-state index >= 15 is 0 Å². The van der Waals surface area contributed by atoms with E-state index < -0.39 is 6.10 Å². The molecule has 0 saturated heterocycles. The minimum absolute atomic E-state index is 0.0885. The van der Waals surface area contributed by atoms with Crippen LogP contribution in [0.4, 0.5) is 0 Å². The molecule has 0 bridgehead atoms. The van der Waals surface area contributed by atoms with Gasteiger partial charge < -0.3 is 14.6 Å². The van der Waals surface area contributed by atoms with E-state index in [4.69, 9.17) is 14.6 Å². The van der Waals surface area contributed by atoms with Gasteiger partial charge in [0.05, 0.1) is 24.4 Å². The van der Waals surface area contributed by atoms with Gasteiger partial charge >= 0.3 is 0 Å². The average molecular weight is 452 g/mol. The highest BCUT2D eigenvalue weighted by atomic mass is 16.5. The summed E-state index contributed by atoms with van der Waals surface area (Å²) in [5.74, 6) is 1.48. The number of para-hydroxylation sites is 1. The minimum atomic E-state index is -0.572. The molecule has 2 aromatic carbocycles. The summed E-state index contributed by atoms with van der Waals surface area (Å²) in [4.78, 5) is 2.29. The van der Waals surface area contributed by atoms with Crippen LogP contribution in [-0.4, -0.2) is 51.2 Å². The first-order valence-electron chi connectivity index (χ1n) is 11.8. The standard InChI is InChI=1S/C27H37N3O3/c1-6-21(4)30(17-23(31)19-32-20(2)3)18-25-26(22-13-9-7-10-14-22)28-29(5)27(25)33-24-15-11-8-12-16-24/h7-16,20-21,23,31H,6,17-19H2,1-5H3/t21-,23-/m1/s1. The Morgan fingerprint density at radius 3 is 2.24 bits per heavy atom. The zero-order chi connectivity index (χ0) is 23.8. The van der Waals surface area contributed by atoms with Crippen molar-refractivity contribution < 1.29 is 14.6 Å². The third-order valence-electron chi connectivity index (χ3n) is 5.74. The van der Waals surface area contributed by atoms with Crippen molar-refractivity contribution in [3.05, 3.63) is 66.2 Å². The number of aryl methyl sites for hydroxylation is 1. The first kappa shape index (κ1) is 25.0. The topological polar surface area (TPSA) is 59.8 Å². The molecule has 0 spiro atoms. The van der Waals surface area contributed by atoms with Crippen molar-refractivity contribution in [1.82, 2.24) is 14.7 Å². The zero-order valence-corrected chi connectivity index (χ0v) is 20.4. The van der Waals surface area contributed by atoms with Crippen LogP contribution in [-0.2, 0) is 18.3 Å². The van der Waals surface area contributed by atoms with Gasteiger partial charge in [-0.25, -0.2) is 4.68 Å². The molecular formula is C27H37N3O3. The van der Waals surface area contributed by atoms with Crippen molar-refractivity contribution in [2.24, 2.45) is 7.05 Å². The summed E-state index contributed by atoms with van der Waals surface area (Å²) < 4.78 is 13.8. The summed E-state index contributed by atoms with van der Waals surface area (Å²) in [5, 5.41) is 15.5. The van der Waals surface area contributed by atoms with Gasteiger partial charge in [-0.15, -0.1) is 0 Å². The van der Waals surface area contributed by atoms with E-state index in [9.17, 15) is 5.11 Å². The van der Waals surface area contributed by atoms with Crippen LogP contribution < -0.4 is 4.74 Å². The number of benzene rings is 2. The molecule has 0 unspecified atom stereocenters. The lowest BCUT2D eigenvalue weighted by molar-refractivity contribution is -0.0149. The molecule has 1 aromatic heterocycles. The molecule has 0 radical (unpaired) electrons. The van der Waals surface area contributed by atoms with Crippen molar-refractivity contribution in [3.8, 4) is 22.9 Å². The second-order valence-corrected chi connectivity index (χ2v) is 8.76. The molecule has 3 rings (SSSR count). The van der Waals surface area contributed by atoms with Crippen LogP contribution in [0.15, 0.2) is 60.7 Å². The molecular weight excluding hydrogens is 414 g/mol. The van der Waals surface area contributed by atoms with E-state index in [0.29, 0.717) is 25.6 Å².